The number of benzene rings is 1. The molecule has 0 radical (unpaired) electrons. The Morgan fingerprint density at radius 2 is 2.20 bits per heavy atom. The monoisotopic (exact) mass is 375 g/mol. The van der Waals surface area contributed by atoms with Gasteiger partial charge in [0.2, 0.25) is 0 Å². The highest BCUT2D eigenvalue weighted by molar-refractivity contribution is 7.98. The van der Waals surface area contributed by atoms with E-state index in [-0.39, 0.29) is 5.91 Å². The molecule has 1 aliphatic heterocycles. The third kappa shape index (κ3) is 4.84. The molecule has 25 heavy (non-hydrogen) atoms. The molecule has 0 spiro atoms. The van der Waals surface area contributed by atoms with E-state index in [4.69, 9.17) is 0 Å². The van der Waals surface area contributed by atoms with Gasteiger partial charge < -0.3 is 10.2 Å². The molecule has 0 saturated carbocycles. The minimum Gasteiger partial charge on any atom is -0.334 e. The number of hydrogen-bond donors (Lipinski definition) is 1. The van der Waals surface area contributed by atoms with Crippen LogP contribution < -0.4 is 5.32 Å². The number of hydrogen-bond acceptors (Lipinski definition) is 5. The number of carbonyl (C=O) groups excluding carboxylic acids is 1. The molecule has 134 valence electrons. The molecule has 3 rings (SSSR count). The van der Waals surface area contributed by atoms with Crippen LogP contribution in [-0.4, -0.2) is 41.5 Å². The highest BCUT2D eigenvalue weighted by Gasteiger charge is 2.26. The van der Waals surface area contributed by atoms with Crippen molar-refractivity contribution in [2.75, 3.05) is 19.6 Å². The Bertz CT molecular complexity index is 693. The van der Waals surface area contributed by atoms with Gasteiger partial charge in [0.25, 0.3) is 5.91 Å². The largest absolute Gasteiger partial charge is 0.334 e. The van der Waals surface area contributed by atoms with Gasteiger partial charge in [-0.3, -0.25) is 4.79 Å². The lowest BCUT2D eigenvalue weighted by Crippen LogP contribution is -2.42. The molecule has 6 heteroatoms. The first kappa shape index (κ1) is 18.4. The van der Waals surface area contributed by atoms with Gasteiger partial charge in [-0.05, 0) is 50.6 Å². The quantitative estimate of drug-likeness (QED) is 0.744. The predicted octanol–water partition coefficient (Wildman–Crippen LogP) is 3.96. The molecule has 1 aromatic heterocycles. The third-order valence-electron chi connectivity index (χ3n) is 4.36. The molecular weight excluding hydrogens is 350 g/mol. The Morgan fingerprint density at radius 3 is 2.80 bits per heavy atom. The molecule has 1 saturated heterocycles. The van der Waals surface area contributed by atoms with E-state index in [1.165, 1.54) is 4.90 Å². The van der Waals surface area contributed by atoms with Crippen LogP contribution in [0.5, 0.6) is 0 Å². The molecule has 0 bridgehead atoms. The van der Waals surface area contributed by atoms with Crippen LogP contribution in [-0.2, 0) is 5.75 Å². The standard InChI is InChI=1S/C19H25N3OS2/c1-3-10-22(17-8-9-20-11-17)19(23)15-4-6-18(7-5-15)25-13-16-12-24-14(2)21-16/h4-7,12,17,20H,3,8-11,13H2,1-2H3. The number of carbonyl (C=O) groups is 1. The maximum absolute atomic E-state index is 12.9. The van der Waals surface area contributed by atoms with E-state index in [0.717, 1.165) is 54.5 Å². The number of aryl methyl sites for hydroxylation is 1. The Morgan fingerprint density at radius 1 is 1.40 bits per heavy atom. The Hall–Kier alpha value is -1.37. The van der Waals surface area contributed by atoms with Crippen LogP contribution in [0.2, 0.25) is 0 Å². The van der Waals surface area contributed by atoms with E-state index >= 15 is 0 Å². The number of nitrogens with one attached hydrogen (secondary N) is 1. The van der Waals surface area contributed by atoms with Crippen molar-refractivity contribution in [2.45, 2.75) is 43.4 Å². The van der Waals surface area contributed by atoms with E-state index in [0.29, 0.717) is 6.04 Å². The van der Waals surface area contributed by atoms with E-state index in [2.05, 4.69) is 22.6 Å². The first-order valence-corrected chi connectivity index (χ1v) is 10.7. The second-order valence-electron chi connectivity index (χ2n) is 6.32. The van der Waals surface area contributed by atoms with Gasteiger partial charge >= 0.3 is 0 Å². The summed E-state index contributed by atoms with van der Waals surface area (Å²) in [5, 5.41) is 6.57. The number of aromatic nitrogens is 1. The zero-order valence-electron chi connectivity index (χ0n) is 14.8. The van der Waals surface area contributed by atoms with Crippen molar-refractivity contribution >= 4 is 29.0 Å². The Kier molecular flexibility index (Phi) is 6.51. The highest BCUT2D eigenvalue weighted by atomic mass is 32.2. The molecule has 1 aliphatic rings. The van der Waals surface area contributed by atoms with E-state index in [1.54, 1.807) is 23.1 Å². The minimum atomic E-state index is 0.155. The first-order chi connectivity index (χ1) is 12.2. The van der Waals surface area contributed by atoms with Crippen LogP contribution in [0.15, 0.2) is 34.5 Å². The van der Waals surface area contributed by atoms with Gasteiger partial charge in [-0.15, -0.1) is 23.1 Å². The normalized spacial score (nSPS) is 17.0. The number of nitrogens with zero attached hydrogens (tertiary/aromatic N) is 2. The van der Waals surface area contributed by atoms with Crippen molar-refractivity contribution in [2.24, 2.45) is 0 Å². The molecule has 1 aromatic carbocycles. The lowest BCUT2D eigenvalue weighted by Gasteiger charge is -2.28. The van der Waals surface area contributed by atoms with Crippen molar-refractivity contribution in [1.29, 1.82) is 0 Å². The fourth-order valence-corrected chi connectivity index (χ4v) is 4.60. The van der Waals surface area contributed by atoms with Crippen molar-refractivity contribution < 1.29 is 4.79 Å². The summed E-state index contributed by atoms with van der Waals surface area (Å²) in [7, 11) is 0. The minimum absolute atomic E-state index is 0.155. The van der Waals surface area contributed by atoms with Crippen LogP contribution in [0.25, 0.3) is 0 Å². The van der Waals surface area contributed by atoms with Crippen LogP contribution in [0.1, 0.15) is 40.8 Å². The summed E-state index contributed by atoms with van der Waals surface area (Å²) in [5.41, 5.74) is 1.91. The van der Waals surface area contributed by atoms with Crippen molar-refractivity contribution in [1.82, 2.24) is 15.2 Å². The van der Waals surface area contributed by atoms with Crippen LogP contribution in [0.3, 0.4) is 0 Å². The van der Waals surface area contributed by atoms with Gasteiger partial charge in [0.1, 0.15) is 0 Å². The van der Waals surface area contributed by atoms with Crippen LogP contribution in [0.4, 0.5) is 0 Å². The molecular formula is C19H25N3OS2. The Labute approximate surface area is 158 Å². The molecule has 0 aliphatic carbocycles. The molecule has 1 unspecified atom stereocenters. The second-order valence-corrected chi connectivity index (χ2v) is 8.43. The SMILES string of the molecule is CCCN(C(=O)c1ccc(SCc2csc(C)n2)cc1)C1CCNC1. The number of thiazole rings is 1. The zero-order valence-corrected chi connectivity index (χ0v) is 16.5. The molecule has 1 atom stereocenters. The summed E-state index contributed by atoms with van der Waals surface area (Å²) in [6.07, 6.45) is 2.04. The first-order valence-electron chi connectivity index (χ1n) is 8.83. The van der Waals surface area contributed by atoms with Crippen LogP contribution in [0, 0.1) is 6.92 Å². The topological polar surface area (TPSA) is 45.2 Å². The summed E-state index contributed by atoms with van der Waals surface area (Å²) in [5.74, 6) is 1.02. The highest BCUT2D eigenvalue weighted by Crippen LogP contribution is 2.24. The lowest BCUT2D eigenvalue weighted by atomic mass is 10.1. The van der Waals surface area contributed by atoms with Gasteiger partial charge in [0, 0.05) is 40.7 Å². The van der Waals surface area contributed by atoms with E-state index in [1.807, 2.05) is 36.1 Å². The summed E-state index contributed by atoms with van der Waals surface area (Å²) in [6.45, 7) is 6.89. The Balaban J connectivity index is 1.62. The predicted molar refractivity (Wildman–Crippen MR) is 105 cm³/mol. The smallest absolute Gasteiger partial charge is 0.254 e. The summed E-state index contributed by atoms with van der Waals surface area (Å²) in [6, 6.07) is 8.35. The summed E-state index contributed by atoms with van der Waals surface area (Å²) in [4.78, 5) is 20.6. The van der Waals surface area contributed by atoms with Crippen molar-refractivity contribution in [3.05, 3.63) is 45.9 Å². The molecule has 2 aromatic rings. The summed E-state index contributed by atoms with van der Waals surface area (Å²) < 4.78 is 0. The zero-order chi connectivity index (χ0) is 17.6. The number of thioether (sulfide) groups is 1. The second kappa shape index (κ2) is 8.83. The van der Waals surface area contributed by atoms with Crippen molar-refractivity contribution in [3.8, 4) is 0 Å². The lowest BCUT2D eigenvalue weighted by molar-refractivity contribution is 0.0692. The molecule has 1 fully saturated rings. The van der Waals surface area contributed by atoms with Gasteiger partial charge in [-0.1, -0.05) is 6.92 Å². The van der Waals surface area contributed by atoms with Crippen molar-refractivity contribution in [3.63, 3.8) is 0 Å². The molecule has 1 amide bonds. The number of rotatable bonds is 7. The van der Waals surface area contributed by atoms with Gasteiger partial charge in [-0.2, -0.15) is 0 Å². The van der Waals surface area contributed by atoms with Gasteiger partial charge in [-0.25, -0.2) is 4.98 Å². The maximum atomic E-state index is 12.9. The molecule has 4 nitrogen and oxygen atoms in total. The van der Waals surface area contributed by atoms with E-state index < -0.39 is 0 Å². The third-order valence-corrected chi connectivity index (χ3v) is 6.22. The van der Waals surface area contributed by atoms with Gasteiger partial charge in [0.15, 0.2) is 0 Å². The van der Waals surface area contributed by atoms with E-state index in [9.17, 15) is 4.79 Å². The van der Waals surface area contributed by atoms with Crippen LogP contribution >= 0.6 is 23.1 Å². The summed E-state index contributed by atoms with van der Waals surface area (Å²) >= 11 is 3.45. The van der Waals surface area contributed by atoms with Gasteiger partial charge in [0.05, 0.1) is 10.7 Å². The molecule has 2 heterocycles. The fraction of sp³-hybridized carbons (Fsp3) is 0.474. The average Bonchev–Trinajstić information content (AvgIpc) is 3.29. The number of amides is 1. The maximum Gasteiger partial charge on any atom is 0.254 e. The average molecular weight is 376 g/mol. The molecule has 1 N–H and O–H groups in total. The fourth-order valence-electron chi connectivity index (χ4n) is 3.09.